The quantitative estimate of drug-likeness (QED) is 0.720. The van der Waals surface area contributed by atoms with Crippen molar-refractivity contribution in [1.29, 1.82) is 0 Å². The van der Waals surface area contributed by atoms with Crippen LogP contribution in [-0.2, 0) is 4.74 Å². The van der Waals surface area contributed by atoms with Gasteiger partial charge in [-0.05, 0) is 23.3 Å². The average Bonchev–Trinajstić information content (AvgIpc) is 2.45. The van der Waals surface area contributed by atoms with Crippen LogP contribution in [0.2, 0.25) is 0 Å². The van der Waals surface area contributed by atoms with Crippen LogP contribution in [0.25, 0.3) is 0 Å². The minimum Gasteiger partial charge on any atom is -0.444 e. The number of rotatable bonds is 6. The van der Waals surface area contributed by atoms with Gasteiger partial charge in [0, 0.05) is 6.54 Å². The molecule has 0 aromatic heterocycles. The first kappa shape index (κ1) is 13.7. The summed E-state index contributed by atoms with van der Waals surface area (Å²) >= 11 is 1.92. The Labute approximate surface area is 103 Å². The fourth-order valence-corrected chi connectivity index (χ4v) is 2.62. The second-order valence-electron chi connectivity index (χ2n) is 5.01. The van der Waals surface area contributed by atoms with Gasteiger partial charge in [-0.15, -0.1) is 0 Å². The van der Waals surface area contributed by atoms with E-state index < -0.39 is 0 Å². The summed E-state index contributed by atoms with van der Waals surface area (Å²) in [7, 11) is 0. The van der Waals surface area contributed by atoms with Gasteiger partial charge in [-0.25, -0.2) is 4.79 Å². The summed E-state index contributed by atoms with van der Waals surface area (Å²) in [5.74, 6) is 1.59. The van der Waals surface area contributed by atoms with E-state index in [1.807, 2.05) is 16.7 Å². The Balaban J connectivity index is 2.24. The third-order valence-electron chi connectivity index (χ3n) is 2.43. The van der Waals surface area contributed by atoms with Crippen LogP contribution in [0, 0.1) is 5.92 Å². The van der Waals surface area contributed by atoms with Crippen LogP contribution in [-0.4, -0.2) is 41.2 Å². The molecular weight excluding hydrogens is 222 g/mol. The van der Waals surface area contributed by atoms with Gasteiger partial charge >= 0.3 is 6.09 Å². The van der Waals surface area contributed by atoms with Gasteiger partial charge in [-0.3, -0.25) is 0 Å². The maximum Gasteiger partial charge on any atom is 0.410 e. The molecule has 0 aromatic carbocycles. The average molecular weight is 245 g/mol. The van der Waals surface area contributed by atoms with Crippen molar-refractivity contribution < 1.29 is 9.53 Å². The lowest BCUT2D eigenvalue weighted by Crippen LogP contribution is -2.29. The van der Waals surface area contributed by atoms with Gasteiger partial charge in [0.15, 0.2) is 0 Å². The van der Waals surface area contributed by atoms with Gasteiger partial charge in [0.2, 0.25) is 0 Å². The Morgan fingerprint density at radius 3 is 2.69 bits per heavy atom. The number of cyclic esters (lactones) is 1. The van der Waals surface area contributed by atoms with E-state index in [0.29, 0.717) is 11.2 Å². The van der Waals surface area contributed by atoms with Gasteiger partial charge in [-0.2, -0.15) is 11.8 Å². The van der Waals surface area contributed by atoms with Gasteiger partial charge in [0.05, 0.1) is 6.54 Å². The molecule has 0 aromatic rings. The van der Waals surface area contributed by atoms with Crippen LogP contribution < -0.4 is 0 Å². The topological polar surface area (TPSA) is 29.5 Å². The summed E-state index contributed by atoms with van der Waals surface area (Å²) in [4.78, 5) is 13.3. The normalized spacial score (nSPS) is 21.0. The third-order valence-corrected chi connectivity index (χ3v) is 3.56. The van der Waals surface area contributed by atoms with E-state index >= 15 is 0 Å². The van der Waals surface area contributed by atoms with Gasteiger partial charge < -0.3 is 9.64 Å². The van der Waals surface area contributed by atoms with Crippen molar-refractivity contribution in [3.63, 3.8) is 0 Å². The number of amides is 1. The molecule has 1 atom stereocenters. The Kier molecular flexibility index (Phi) is 5.46. The molecule has 1 saturated heterocycles. The molecule has 4 heteroatoms. The molecule has 1 fully saturated rings. The number of carbonyl (C=O) groups excluding carboxylic acids is 1. The van der Waals surface area contributed by atoms with Crippen molar-refractivity contribution >= 4 is 17.9 Å². The van der Waals surface area contributed by atoms with E-state index in [1.54, 1.807) is 0 Å². The summed E-state index contributed by atoms with van der Waals surface area (Å²) in [6.45, 7) is 10.2. The molecule has 1 aliphatic heterocycles. The largest absolute Gasteiger partial charge is 0.444 e. The Hall–Kier alpha value is -0.380. The summed E-state index contributed by atoms with van der Waals surface area (Å²) in [6, 6.07) is 0. The summed E-state index contributed by atoms with van der Waals surface area (Å²) in [6.07, 6.45) is 0.953. The summed E-state index contributed by atoms with van der Waals surface area (Å²) in [5, 5.41) is 0.656. The molecule has 1 aliphatic rings. The Morgan fingerprint density at radius 1 is 1.44 bits per heavy atom. The van der Waals surface area contributed by atoms with E-state index in [9.17, 15) is 4.79 Å². The molecule has 94 valence electrons. The van der Waals surface area contributed by atoms with Crippen molar-refractivity contribution in [3.05, 3.63) is 0 Å². The van der Waals surface area contributed by atoms with E-state index in [-0.39, 0.29) is 12.2 Å². The standard InChI is InChI=1S/C12H23NO2S/c1-9(2)7-13-8-11(15-12(13)14)5-6-16-10(3)4/h9-11H,5-8H2,1-4H3/t11-/m0/s1. The minimum atomic E-state index is -0.131. The van der Waals surface area contributed by atoms with E-state index in [0.717, 1.165) is 25.3 Å². The molecule has 1 heterocycles. The monoisotopic (exact) mass is 245 g/mol. The van der Waals surface area contributed by atoms with Gasteiger partial charge in [0.25, 0.3) is 0 Å². The fraction of sp³-hybridized carbons (Fsp3) is 0.917. The molecule has 16 heavy (non-hydrogen) atoms. The molecule has 0 aliphatic carbocycles. The molecule has 0 bridgehead atoms. The highest BCUT2D eigenvalue weighted by Crippen LogP contribution is 2.19. The van der Waals surface area contributed by atoms with E-state index in [1.165, 1.54) is 0 Å². The van der Waals surface area contributed by atoms with Gasteiger partial charge in [-0.1, -0.05) is 27.7 Å². The predicted octanol–water partition coefficient (Wildman–Crippen LogP) is 2.99. The molecule has 1 rings (SSSR count). The lowest BCUT2D eigenvalue weighted by atomic mass is 10.2. The van der Waals surface area contributed by atoms with Crippen LogP contribution >= 0.6 is 11.8 Å². The van der Waals surface area contributed by atoms with Crippen LogP contribution in [0.5, 0.6) is 0 Å². The highest BCUT2D eigenvalue weighted by atomic mass is 32.2. The predicted molar refractivity (Wildman–Crippen MR) is 68.9 cm³/mol. The molecule has 0 unspecified atom stereocenters. The first-order valence-electron chi connectivity index (χ1n) is 6.06. The number of carbonyl (C=O) groups is 1. The van der Waals surface area contributed by atoms with Crippen molar-refractivity contribution in [2.75, 3.05) is 18.8 Å². The highest BCUT2D eigenvalue weighted by Gasteiger charge is 2.30. The smallest absolute Gasteiger partial charge is 0.410 e. The van der Waals surface area contributed by atoms with Crippen LogP contribution in [0.3, 0.4) is 0 Å². The van der Waals surface area contributed by atoms with Crippen LogP contribution in [0.1, 0.15) is 34.1 Å². The Morgan fingerprint density at radius 2 is 2.12 bits per heavy atom. The van der Waals surface area contributed by atoms with Crippen LogP contribution in [0.15, 0.2) is 0 Å². The summed E-state index contributed by atoms with van der Waals surface area (Å²) < 4.78 is 5.33. The zero-order valence-corrected chi connectivity index (χ0v) is 11.5. The van der Waals surface area contributed by atoms with E-state index in [2.05, 4.69) is 27.7 Å². The first-order valence-corrected chi connectivity index (χ1v) is 7.11. The first-order chi connectivity index (χ1) is 7.49. The number of ether oxygens (including phenoxy) is 1. The molecule has 1 amide bonds. The molecule has 0 radical (unpaired) electrons. The molecule has 0 spiro atoms. The van der Waals surface area contributed by atoms with Crippen molar-refractivity contribution in [2.24, 2.45) is 5.92 Å². The lowest BCUT2D eigenvalue weighted by molar-refractivity contribution is 0.130. The molecule has 0 N–H and O–H groups in total. The zero-order chi connectivity index (χ0) is 12.1. The van der Waals surface area contributed by atoms with Crippen molar-refractivity contribution in [2.45, 2.75) is 45.5 Å². The van der Waals surface area contributed by atoms with Crippen molar-refractivity contribution in [3.8, 4) is 0 Å². The second kappa shape index (κ2) is 6.38. The second-order valence-corrected chi connectivity index (χ2v) is 6.70. The lowest BCUT2D eigenvalue weighted by Gasteiger charge is -2.15. The zero-order valence-electron chi connectivity index (χ0n) is 10.7. The third kappa shape index (κ3) is 4.64. The van der Waals surface area contributed by atoms with Crippen LogP contribution in [0.4, 0.5) is 4.79 Å². The fourth-order valence-electron chi connectivity index (χ4n) is 1.75. The highest BCUT2D eigenvalue weighted by molar-refractivity contribution is 7.99. The number of hydrogen-bond acceptors (Lipinski definition) is 3. The minimum absolute atomic E-state index is 0.109. The maximum absolute atomic E-state index is 11.5. The summed E-state index contributed by atoms with van der Waals surface area (Å²) in [5.41, 5.74) is 0. The Bertz CT molecular complexity index is 231. The molecular formula is C12H23NO2S. The van der Waals surface area contributed by atoms with Gasteiger partial charge in [0.1, 0.15) is 6.10 Å². The maximum atomic E-state index is 11.5. The number of thioether (sulfide) groups is 1. The molecule has 0 saturated carbocycles. The van der Waals surface area contributed by atoms with E-state index in [4.69, 9.17) is 4.74 Å². The van der Waals surface area contributed by atoms with Crippen molar-refractivity contribution in [1.82, 2.24) is 4.90 Å². The number of nitrogens with zero attached hydrogens (tertiary/aromatic N) is 1. The molecule has 3 nitrogen and oxygen atoms in total. The number of hydrogen-bond donors (Lipinski definition) is 0. The SMILES string of the molecule is CC(C)CN1C[C@H](CCSC(C)C)OC1=O.